The molecule has 0 spiro atoms. The number of carbonyl (C=O) groups is 1. The Morgan fingerprint density at radius 1 is 1.47 bits per heavy atom. The van der Waals surface area contributed by atoms with Crippen molar-refractivity contribution in [3.63, 3.8) is 0 Å². The third-order valence-electron chi connectivity index (χ3n) is 2.76. The summed E-state index contributed by atoms with van der Waals surface area (Å²) in [6.45, 7) is 5.91. The van der Waals surface area contributed by atoms with Crippen LogP contribution in [0.3, 0.4) is 0 Å². The number of hydrogen-bond donors (Lipinski definition) is 2. The fourth-order valence-electron chi connectivity index (χ4n) is 1.94. The Morgan fingerprint density at radius 2 is 2.21 bits per heavy atom. The van der Waals surface area contributed by atoms with Gasteiger partial charge in [0.25, 0.3) is 0 Å². The van der Waals surface area contributed by atoms with E-state index in [0.29, 0.717) is 5.69 Å². The average molecular weight is 277 g/mol. The largest absolute Gasteiger partial charge is 0.478 e. The topological polar surface area (TPSA) is 75.1 Å². The van der Waals surface area contributed by atoms with E-state index in [-0.39, 0.29) is 11.6 Å². The summed E-state index contributed by atoms with van der Waals surface area (Å²) < 4.78 is 0. The zero-order valence-corrected chi connectivity index (χ0v) is 11.8. The number of carboxylic acid groups (broad SMARTS) is 1. The zero-order chi connectivity index (χ0) is 14.0. The molecule has 0 bridgehead atoms. The first-order valence-corrected chi connectivity index (χ1v) is 6.68. The molecule has 0 aliphatic carbocycles. The van der Waals surface area contributed by atoms with Crippen molar-refractivity contribution in [3.05, 3.63) is 39.6 Å². The van der Waals surface area contributed by atoms with Crippen molar-refractivity contribution in [3.8, 4) is 0 Å². The average Bonchev–Trinajstić information content (AvgIpc) is 2.69. The van der Waals surface area contributed by atoms with Gasteiger partial charge in [-0.25, -0.2) is 9.78 Å². The molecule has 2 rings (SSSR count). The molecular weight excluding hydrogens is 262 g/mol. The second-order valence-corrected chi connectivity index (χ2v) is 5.51. The van der Waals surface area contributed by atoms with Crippen LogP contribution in [0.1, 0.15) is 38.9 Å². The highest BCUT2D eigenvalue weighted by Crippen LogP contribution is 2.28. The SMILES string of the molecule is Cc1nc(C)c(C(C)Nc2ccncc2C(=O)O)s1. The number of pyridine rings is 1. The molecule has 1 unspecified atom stereocenters. The van der Waals surface area contributed by atoms with Gasteiger partial charge in [-0.1, -0.05) is 0 Å². The van der Waals surface area contributed by atoms with Crippen molar-refractivity contribution in [2.45, 2.75) is 26.8 Å². The number of aromatic nitrogens is 2. The Bertz CT molecular complexity index is 610. The third kappa shape index (κ3) is 2.90. The lowest BCUT2D eigenvalue weighted by atomic mass is 10.2. The molecule has 100 valence electrons. The molecule has 0 saturated carbocycles. The van der Waals surface area contributed by atoms with Gasteiger partial charge >= 0.3 is 5.97 Å². The van der Waals surface area contributed by atoms with Gasteiger partial charge in [0.1, 0.15) is 5.56 Å². The molecule has 0 fully saturated rings. The maximum atomic E-state index is 11.1. The first-order valence-electron chi connectivity index (χ1n) is 5.86. The molecule has 19 heavy (non-hydrogen) atoms. The summed E-state index contributed by atoms with van der Waals surface area (Å²) in [5.74, 6) is -0.986. The zero-order valence-electron chi connectivity index (χ0n) is 11.0. The monoisotopic (exact) mass is 277 g/mol. The van der Waals surface area contributed by atoms with E-state index in [1.54, 1.807) is 23.6 Å². The Morgan fingerprint density at radius 3 is 2.79 bits per heavy atom. The Kier molecular flexibility index (Phi) is 3.80. The van der Waals surface area contributed by atoms with E-state index in [4.69, 9.17) is 5.11 Å². The minimum atomic E-state index is -0.986. The van der Waals surface area contributed by atoms with E-state index in [2.05, 4.69) is 15.3 Å². The van der Waals surface area contributed by atoms with Crippen LogP contribution in [-0.4, -0.2) is 21.0 Å². The number of thiazole rings is 1. The van der Waals surface area contributed by atoms with Gasteiger partial charge < -0.3 is 10.4 Å². The second kappa shape index (κ2) is 5.36. The first-order chi connectivity index (χ1) is 8.99. The molecule has 2 aromatic heterocycles. The third-order valence-corrected chi connectivity index (χ3v) is 4.01. The van der Waals surface area contributed by atoms with E-state index in [1.165, 1.54) is 6.20 Å². The van der Waals surface area contributed by atoms with Crippen LogP contribution in [0, 0.1) is 13.8 Å². The molecule has 6 heteroatoms. The summed E-state index contributed by atoms with van der Waals surface area (Å²) in [6, 6.07) is 1.68. The van der Waals surface area contributed by atoms with Crippen molar-refractivity contribution in [2.75, 3.05) is 5.32 Å². The molecule has 2 heterocycles. The number of carboxylic acids is 1. The number of anilines is 1. The number of nitrogens with zero attached hydrogens (tertiary/aromatic N) is 2. The van der Waals surface area contributed by atoms with Crippen molar-refractivity contribution < 1.29 is 9.90 Å². The fraction of sp³-hybridized carbons (Fsp3) is 0.308. The van der Waals surface area contributed by atoms with E-state index < -0.39 is 5.97 Å². The van der Waals surface area contributed by atoms with E-state index >= 15 is 0 Å². The van der Waals surface area contributed by atoms with Gasteiger partial charge in [-0.3, -0.25) is 4.98 Å². The van der Waals surface area contributed by atoms with Gasteiger partial charge in [0.05, 0.1) is 22.4 Å². The maximum Gasteiger partial charge on any atom is 0.339 e. The lowest BCUT2D eigenvalue weighted by Gasteiger charge is -2.15. The number of aromatic carboxylic acids is 1. The highest BCUT2D eigenvalue weighted by molar-refractivity contribution is 7.11. The number of nitrogens with one attached hydrogen (secondary N) is 1. The van der Waals surface area contributed by atoms with Crippen LogP contribution in [-0.2, 0) is 0 Å². The second-order valence-electron chi connectivity index (χ2n) is 4.27. The maximum absolute atomic E-state index is 11.1. The molecule has 0 aromatic carbocycles. The van der Waals surface area contributed by atoms with Crippen LogP contribution >= 0.6 is 11.3 Å². The first kappa shape index (κ1) is 13.5. The lowest BCUT2D eigenvalue weighted by Crippen LogP contribution is -2.10. The molecule has 0 aliphatic heterocycles. The van der Waals surface area contributed by atoms with Crippen LogP contribution in [0.25, 0.3) is 0 Å². The predicted molar refractivity (Wildman–Crippen MR) is 74.8 cm³/mol. The molecule has 2 N–H and O–H groups in total. The number of hydrogen-bond acceptors (Lipinski definition) is 5. The smallest absolute Gasteiger partial charge is 0.339 e. The van der Waals surface area contributed by atoms with Crippen LogP contribution < -0.4 is 5.32 Å². The molecule has 5 nitrogen and oxygen atoms in total. The highest BCUT2D eigenvalue weighted by atomic mass is 32.1. The molecule has 0 amide bonds. The predicted octanol–water partition coefficient (Wildman–Crippen LogP) is 3.03. The van der Waals surface area contributed by atoms with Gasteiger partial charge in [0, 0.05) is 17.3 Å². The van der Waals surface area contributed by atoms with Crippen molar-refractivity contribution in [1.29, 1.82) is 0 Å². The number of rotatable bonds is 4. The molecule has 1 atom stereocenters. The molecule has 0 saturated heterocycles. The van der Waals surface area contributed by atoms with Crippen molar-refractivity contribution >= 4 is 23.0 Å². The van der Waals surface area contributed by atoms with Gasteiger partial charge in [-0.05, 0) is 26.8 Å². The van der Waals surface area contributed by atoms with Gasteiger partial charge in [0.2, 0.25) is 0 Å². The molecule has 0 radical (unpaired) electrons. The Balaban J connectivity index is 2.26. The fourth-order valence-corrected chi connectivity index (χ4v) is 2.87. The minimum Gasteiger partial charge on any atom is -0.478 e. The molecular formula is C13H15N3O2S. The van der Waals surface area contributed by atoms with Gasteiger partial charge in [0.15, 0.2) is 0 Å². The van der Waals surface area contributed by atoms with Crippen LogP contribution in [0.15, 0.2) is 18.5 Å². The molecule has 2 aromatic rings. The molecule has 0 aliphatic rings. The van der Waals surface area contributed by atoms with E-state index in [1.807, 2.05) is 20.8 Å². The lowest BCUT2D eigenvalue weighted by molar-refractivity contribution is 0.0697. The summed E-state index contributed by atoms with van der Waals surface area (Å²) in [6.07, 6.45) is 2.93. The quantitative estimate of drug-likeness (QED) is 0.898. The Hall–Kier alpha value is -1.95. The van der Waals surface area contributed by atoms with E-state index in [9.17, 15) is 4.79 Å². The Labute approximate surface area is 115 Å². The summed E-state index contributed by atoms with van der Waals surface area (Å²) in [5, 5.41) is 13.3. The highest BCUT2D eigenvalue weighted by Gasteiger charge is 2.16. The summed E-state index contributed by atoms with van der Waals surface area (Å²) in [4.78, 5) is 20.5. The van der Waals surface area contributed by atoms with Gasteiger partial charge in [-0.15, -0.1) is 11.3 Å². The van der Waals surface area contributed by atoms with E-state index in [0.717, 1.165) is 15.6 Å². The summed E-state index contributed by atoms with van der Waals surface area (Å²) in [7, 11) is 0. The van der Waals surface area contributed by atoms with Gasteiger partial charge in [-0.2, -0.15) is 0 Å². The van der Waals surface area contributed by atoms with Crippen LogP contribution in [0.5, 0.6) is 0 Å². The van der Waals surface area contributed by atoms with Crippen molar-refractivity contribution in [2.24, 2.45) is 0 Å². The van der Waals surface area contributed by atoms with Crippen molar-refractivity contribution in [1.82, 2.24) is 9.97 Å². The summed E-state index contributed by atoms with van der Waals surface area (Å²) in [5.41, 5.74) is 1.72. The standard InChI is InChI=1S/C13H15N3O2S/c1-7-12(19-9(3)15-7)8(2)16-11-4-5-14-6-10(11)13(17)18/h4-6,8H,1-3H3,(H,14,16)(H,17,18). The van der Waals surface area contributed by atoms with Crippen LogP contribution in [0.2, 0.25) is 0 Å². The normalized spacial score (nSPS) is 12.2. The minimum absolute atomic E-state index is 0.00620. The summed E-state index contributed by atoms with van der Waals surface area (Å²) >= 11 is 1.62. The van der Waals surface area contributed by atoms with Crippen LogP contribution in [0.4, 0.5) is 5.69 Å². The number of aryl methyl sites for hydroxylation is 2.